The molecule has 0 heterocycles. The Hall–Kier alpha value is -2.93. The van der Waals surface area contributed by atoms with Crippen LogP contribution in [-0.2, 0) is 14.3 Å². The van der Waals surface area contributed by atoms with Crippen LogP contribution in [0.5, 0.6) is 5.75 Å². The largest absolute Gasteiger partial charge is 0.494 e. The van der Waals surface area contributed by atoms with Crippen LogP contribution in [0.25, 0.3) is 6.08 Å². The topological polar surface area (TPSA) is 64.6 Å². The molecule has 0 fully saturated rings. The molecule has 142 valence electrons. The van der Waals surface area contributed by atoms with Gasteiger partial charge in [0.1, 0.15) is 5.82 Å². The van der Waals surface area contributed by atoms with Crippen LogP contribution in [-0.4, -0.2) is 25.1 Å². The summed E-state index contributed by atoms with van der Waals surface area (Å²) in [6.45, 7) is 1.37. The molecule has 8 heteroatoms. The van der Waals surface area contributed by atoms with Crippen molar-refractivity contribution in [2.45, 2.75) is 13.0 Å². The lowest BCUT2D eigenvalue weighted by molar-refractivity contribution is -0.148. The molecule has 27 heavy (non-hydrogen) atoms. The van der Waals surface area contributed by atoms with Crippen LogP contribution in [0.4, 0.5) is 14.5 Å². The van der Waals surface area contributed by atoms with E-state index in [-0.39, 0.29) is 16.5 Å². The molecule has 2 aromatic rings. The van der Waals surface area contributed by atoms with Crippen LogP contribution < -0.4 is 10.1 Å². The zero-order valence-electron chi connectivity index (χ0n) is 14.5. The summed E-state index contributed by atoms with van der Waals surface area (Å²) in [6, 6.07) is 7.64. The van der Waals surface area contributed by atoms with Gasteiger partial charge in [0.25, 0.3) is 5.91 Å². The van der Waals surface area contributed by atoms with E-state index in [1.807, 2.05) is 0 Å². The molecule has 2 aromatic carbocycles. The molecule has 0 bridgehead atoms. The lowest BCUT2D eigenvalue weighted by atomic mass is 10.2. The average Bonchev–Trinajstić information content (AvgIpc) is 2.62. The fourth-order valence-corrected chi connectivity index (χ4v) is 2.26. The molecule has 0 aliphatic rings. The second-order valence-corrected chi connectivity index (χ2v) is 5.83. The lowest BCUT2D eigenvalue weighted by Crippen LogP contribution is -2.29. The molecule has 0 aliphatic heterocycles. The predicted octanol–water partition coefficient (Wildman–Crippen LogP) is 4.21. The van der Waals surface area contributed by atoms with Crippen LogP contribution in [0.3, 0.4) is 0 Å². The van der Waals surface area contributed by atoms with Crippen LogP contribution >= 0.6 is 11.6 Å². The maximum absolute atomic E-state index is 13.6. The number of hydrogen-bond acceptors (Lipinski definition) is 4. The number of benzene rings is 2. The molecule has 2 rings (SSSR count). The first kappa shape index (κ1) is 20.4. The number of esters is 1. The van der Waals surface area contributed by atoms with Gasteiger partial charge in [0.2, 0.25) is 0 Å². The van der Waals surface area contributed by atoms with Crippen molar-refractivity contribution in [2.24, 2.45) is 0 Å². The predicted molar refractivity (Wildman–Crippen MR) is 97.6 cm³/mol. The van der Waals surface area contributed by atoms with E-state index in [4.69, 9.17) is 21.1 Å². The maximum Gasteiger partial charge on any atom is 0.331 e. The van der Waals surface area contributed by atoms with Gasteiger partial charge >= 0.3 is 5.97 Å². The minimum absolute atomic E-state index is 0.0169. The van der Waals surface area contributed by atoms with Crippen LogP contribution in [0.15, 0.2) is 42.5 Å². The number of rotatable bonds is 6. The highest BCUT2D eigenvalue weighted by molar-refractivity contribution is 6.33. The van der Waals surface area contributed by atoms with E-state index in [2.05, 4.69) is 5.32 Å². The number of hydrogen-bond donors (Lipinski definition) is 1. The molecule has 0 aliphatic carbocycles. The van der Waals surface area contributed by atoms with E-state index >= 15 is 0 Å². The van der Waals surface area contributed by atoms with E-state index in [0.717, 1.165) is 18.2 Å². The molecule has 0 aromatic heterocycles. The average molecular weight is 396 g/mol. The van der Waals surface area contributed by atoms with Gasteiger partial charge in [-0.2, -0.15) is 0 Å². The maximum atomic E-state index is 13.6. The number of carbonyl (C=O) groups is 2. The second-order valence-electron chi connectivity index (χ2n) is 5.42. The summed E-state index contributed by atoms with van der Waals surface area (Å²) in [5, 5.41) is 2.45. The summed E-state index contributed by atoms with van der Waals surface area (Å²) in [6.07, 6.45) is 1.28. The Kier molecular flexibility index (Phi) is 6.90. The van der Waals surface area contributed by atoms with Crippen molar-refractivity contribution in [3.8, 4) is 5.75 Å². The molecule has 1 atom stereocenters. The minimum atomic E-state index is -1.13. The normalized spacial score (nSPS) is 11.9. The monoisotopic (exact) mass is 395 g/mol. The van der Waals surface area contributed by atoms with Crippen molar-refractivity contribution in [3.05, 3.63) is 64.7 Å². The van der Waals surface area contributed by atoms with E-state index < -0.39 is 29.6 Å². The number of methoxy groups -OCH3 is 1. The molecule has 0 radical (unpaired) electrons. The second kappa shape index (κ2) is 9.14. The highest BCUT2D eigenvalue weighted by Crippen LogP contribution is 2.22. The molecule has 0 spiro atoms. The summed E-state index contributed by atoms with van der Waals surface area (Å²) >= 11 is 5.82. The van der Waals surface area contributed by atoms with Crippen LogP contribution in [0, 0.1) is 11.6 Å². The third kappa shape index (κ3) is 5.79. The van der Waals surface area contributed by atoms with Crippen molar-refractivity contribution < 1.29 is 27.8 Å². The Morgan fingerprint density at radius 2 is 1.93 bits per heavy atom. The van der Waals surface area contributed by atoms with Gasteiger partial charge in [0.05, 0.1) is 17.8 Å². The third-order valence-electron chi connectivity index (χ3n) is 3.44. The van der Waals surface area contributed by atoms with Crippen molar-refractivity contribution >= 4 is 35.2 Å². The molecule has 1 N–H and O–H groups in total. The molecule has 0 unspecified atom stereocenters. The summed E-state index contributed by atoms with van der Waals surface area (Å²) in [5.74, 6) is -2.46. The van der Waals surface area contributed by atoms with E-state index in [1.165, 1.54) is 38.3 Å². The summed E-state index contributed by atoms with van der Waals surface area (Å²) in [7, 11) is 1.34. The third-order valence-corrected chi connectivity index (χ3v) is 3.75. The molecule has 0 saturated carbocycles. The Balaban J connectivity index is 1.94. The first-order chi connectivity index (χ1) is 12.8. The highest BCUT2D eigenvalue weighted by Gasteiger charge is 2.18. The summed E-state index contributed by atoms with van der Waals surface area (Å²) < 4.78 is 36.4. The SMILES string of the molecule is COc1ccc(/C=C/C(=O)O[C@@H](C)C(=O)Nc2ccc(F)cc2Cl)cc1F. The zero-order chi connectivity index (χ0) is 20.0. The van der Waals surface area contributed by atoms with Crippen molar-refractivity contribution in [1.29, 1.82) is 0 Å². The zero-order valence-corrected chi connectivity index (χ0v) is 15.2. The van der Waals surface area contributed by atoms with Gasteiger partial charge in [-0.05, 0) is 48.9 Å². The smallest absolute Gasteiger partial charge is 0.331 e. The molecular formula is C19H16ClF2NO4. The Morgan fingerprint density at radius 1 is 1.19 bits per heavy atom. The number of ether oxygens (including phenoxy) is 2. The Bertz CT molecular complexity index is 886. The van der Waals surface area contributed by atoms with Crippen molar-refractivity contribution in [1.82, 2.24) is 0 Å². The molecule has 0 saturated heterocycles. The summed E-state index contributed by atoms with van der Waals surface area (Å²) in [4.78, 5) is 23.9. The van der Waals surface area contributed by atoms with Gasteiger partial charge in [-0.15, -0.1) is 0 Å². The number of halogens is 3. The van der Waals surface area contributed by atoms with Crippen LogP contribution in [0.1, 0.15) is 12.5 Å². The number of nitrogens with one attached hydrogen (secondary N) is 1. The number of anilines is 1. The minimum Gasteiger partial charge on any atom is -0.494 e. The van der Waals surface area contributed by atoms with E-state index in [9.17, 15) is 18.4 Å². The van der Waals surface area contributed by atoms with Gasteiger partial charge in [0.15, 0.2) is 17.7 Å². The van der Waals surface area contributed by atoms with Gasteiger partial charge < -0.3 is 14.8 Å². The van der Waals surface area contributed by atoms with Gasteiger partial charge in [-0.3, -0.25) is 4.79 Å². The molecule has 1 amide bonds. The van der Waals surface area contributed by atoms with Gasteiger partial charge in [-0.1, -0.05) is 17.7 Å². The van der Waals surface area contributed by atoms with Crippen molar-refractivity contribution in [2.75, 3.05) is 12.4 Å². The van der Waals surface area contributed by atoms with Crippen molar-refractivity contribution in [3.63, 3.8) is 0 Å². The molecular weight excluding hydrogens is 380 g/mol. The fourth-order valence-electron chi connectivity index (χ4n) is 2.04. The van der Waals surface area contributed by atoms with Gasteiger partial charge in [-0.25, -0.2) is 13.6 Å². The quantitative estimate of drug-likeness (QED) is 0.587. The van der Waals surface area contributed by atoms with E-state index in [1.54, 1.807) is 6.07 Å². The first-order valence-electron chi connectivity index (χ1n) is 7.78. The molecule has 5 nitrogen and oxygen atoms in total. The number of carbonyl (C=O) groups excluding carboxylic acids is 2. The standard InChI is InChI=1S/C19H16ClF2NO4/c1-11(19(25)23-16-6-5-13(21)10-14(16)20)27-18(24)8-4-12-3-7-17(26-2)15(22)9-12/h3-11H,1-2H3,(H,23,25)/b8-4+/t11-/m0/s1. The first-order valence-corrected chi connectivity index (χ1v) is 8.16. The Morgan fingerprint density at radius 3 is 2.56 bits per heavy atom. The highest BCUT2D eigenvalue weighted by atomic mass is 35.5. The van der Waals surface area contributed by atoms with Crippen LogP contribution in [0.2, 0.25) is 5.02 Å². The van der Waals surface area contributed by atoms with Gasteiger partial charge in [0, 0.05) is 6.08 Å². The van der Waals surface area contributed by atoms with E-state index in [0.29, 0.717) is 5.56 Å². The lowest BCUT2D eigenvalue weighted by Gasteiger charge is -2.13. The summed E-state index contributed by atoms with van der Waals surface area (Å²) in [5.41, 5.74) is 0.607. The number of amides is 1. The fraction of sp³-hybridized carbons (Fsp3) is 0.158. The Labute approximate surface area is 159 Å².